The number of para-hydroxylation sites is 1. The highest BCUT2D eigenvalue weighted by Gasteiger charge is 2.42. The summed E-state index contributed by atoms with van der Waals surface area (Å²) in [5.74, 6) is 0.825. The van der Waals surface area contributed by atoms with Crippen molar-refractivity contribution in [3.63, 3.8) is 0 Å². The molecule has 0 spiro atoms. The number of fused-ring (bicyclic) bond motifs is 2. The molecule has 6 heteroatoms. The molecule has 4 aromatic carbocycles. The van der Waals surface area contributed by atoms with Crippen LogP contribution in [0, 0.1) is 0 Å². The maximum atomic E-state index is 13.8. The van der Waals surface area contributed by atoms with E-state index < -0.39 is 0 Å². The number of rotatable bonds is 5. The van der Waals surface area contributed by atoms with E-state index in [9.17, 15) is 4.79 Å². The number of amidine groups is 1. The molecule has 1 unspecified atom stereocenters. The molecule has 0 fully saturated rings. The van der Waals surface area contributed by atoms with E-state index in [0.29, 0.717) is 17.4 Å². The van der Waals surface area contributed by atoms with Crippen LogP contribution in [0.2, 0.25) is 0 Å². The Balaban J connectivity index is 1.41. The molecule has 5 nitrogen and oxygen atoms in total. The van der Waals surface area contributed by atoms with Gasteiger partial charge in [-0.25, -0.2) is 4.99 Å². The fraction of sp³-hybridized carbons (Fsp3) is 0.0312. The molecule has 0 radical (unpaired) electrons. The highest BCUT2D eigenvalue weighted by molar-refractivity contribution is 7.10. The van der Waals surface area contributed by atoms with Crippen LogP contribution >= 0.6 is 11.3 Å². The Morgan fingerprint density at radius 1 is 0.763 bits per heavy atom. The molecule has 1 atom stereocenters. The number of aliphatic imine (C=N–C) groups is 1. The van der Waals surface area contributed by atoms with Gasteiger partial charge in [0.2, 0.25) is 17.6 Å². The smallest absolute Gasteiger partial charge is 0.234 e. The molecule has 38 heavy (non-hydrogen) atoms. The number of Topliss-reactive ketones (excluding diaryl/α,β-unsaturated/α-hetero) is 1. The van der Waals surface area contributed by atoms with E-state index in [1.54, 1.807) is 16.3 Å². The number of anilines is 1. The van der Waals surface area contributed by atoms with Crippen LogP contribution in [0.1, 0.15) is 26.8 Å². The summed E-state index contributed by atoms with van der Waals surface area (Å²) in [6.45, 7) is 0. The van der Waals surface area contributed by atoms with E-state index in [0.717, 1.165) is 27.2 Å². The summed E-state index contributed by atoms with van der Waals surface area (Å²) >= 11 is 1.66. The van der Waals surface area contributed by atoms with Crippen LogP contribution in [0.25, 0.3) is 16.5 Å². The normalized spacial score (nSPS) is 16.6. The number of ketones is 1. The van der Waals surface area contributed by atoms with Crippen molar-refractivity contribution in [2.75, 3.05) is 5.01 Å². The molecular weight excluding hydrogens is 488 g/mol. The minimum atomic E-state index is -0.232. The molecule has 0 amide bonds. The fourth-order valence-electron chi connectivity index (χ4n) is 4.91. The second-order valence-corrected chi connectivity index (χ2v) is 10.1. The Bertz CT molecular complexity index is 1740. The van der Waals surface area contributed by atoms with Gasteiger partial charge in [0.15, 0.2) is 0 Å². The number of hydrogen-bond donors (Lipinski definition) is 0. The van der Waals surface area contributed by atoms with Crippen molar-refractivity contribution in [1.29, 1.82) is 0 Å². The fourth-order valence-corrected chi connectivity index (χ4v) is 5.69. The molecule has 7 rings (SSSR count). The van der Waals surface area contributed by atoms with Crippen LogP contribution in [-0.2, 0) is 0 Å². The number of thiophene rings is 1. The second-order valence-electron chi connectivity index (χ2n) is 9.12. The van der Waals surface area contributed by atoms with E-state index in [-0.39, 0.29) is 11.8 Å². The Hall–Kier alpha value is -4.81. The standard InChI is InChI=1S/C32H22N4OS/c37-30(23-11-3-1-4-12-23)31-34-36(26-14-5-2-6-15-26)32-33-27(21-28(35(31)32)29-16-9-19-38-29)25-18-17-22-10-7-8-13-24(22)20-25/h1-21,28H. The van der Waals surface area contributed by atoms with Crippen molar-refractivity contribution < 1.29 is 4.79 Å². The highest BCUT2D eigenvalue weighted by Crippen LogP contribution is 2.39. The van der Waals surface area contributed by atoms with E-state index in [1.165, 1.54) is 5.39 Å². The molecule has 0 bridgehead atoms. The third-order valence-corrected chi connectivity index (χ3v) is 7.70. The maximum absolute atomic E-state index is 13.8. The summed E-state index contributed by atoms with van der Waals surface area (Å²) < 4.78 is 0. The van der Waals surface area contributed by atoms with Crippen LogP contribution in [0.5, 0.6) is 0 Å². The predicted molar refractivity (Wildman–Crippen MR) is 155 cm³/mol. The molecule has 0 saturated heterocycles. The van der Waals surface area contributed by atoms with E-state index in [2.05, 4.69) is 47.9 Å². The average Bonchev–Trinajstić information content (AvgIpc) is 3.66. The Morgan fingerprint density at radius 3 is 2.26 bits per heavy atom. The van der Waals surface area contributed by atoms with Gasteiger partial charge < -0.3 is 0 Å². The summed E-state index contributed by atoms with van der Waals surface area (Å²) in [5, 5.41) is 11.1. The Labute approximate surface area is 224 Å². The quantitative estimate of drug-likeness (QED) is 0.232. The van der Waals surface area contributed by atoms with Gasteiger partial charge in [-0.3, -0.25) is 9.69 Å². The predicted octanol–water partition coefficient (Wildman–Crippen LogP) is 7.37. The third-order valence-electron chi connectivity index (χ3n) is 6.76. The van der Waals surface area contributed by atoms with E-state index in [1.807, 2.05) is 83.8 Å². The van der Waals surface area contributed by atoms with Crippen molar-refractivity contribution in [3.05, 3.63) is 143 Å². The number of carbonyl (C=O) groups excluding carboxylic acids is 1. The Morgan fingerprint density at radius 2 is 1.50 bits per heavy atom. The molecule has 1 aromatic heterocycles. The molecular formula is C32H22N4OS. The van der Waals surface area contributed by atoms with E-state index in [4.69, 9.17) is 10.1 Å². The van der Waals surface area contributed by atoms with Crippen molar-refractivity contribution in [3.8, 4) is 0 Å². The van der Waals surface area contributed by atoms with Gasteiger partial charge in [0.05, 0.1) is 17.4 Å². The van der Waals surface area contributed by atoms with Gasteiger partial charge in [-0.05, 0) is 46.5 Å². The van der Waals surface area contributed by atoms with Crippen LogP contribution in [-0.4, -0.2) is 22.5 Å². The second kappa shape index (κ2) is 9.25. The summed E-state index contributed by atoms with van der Waals surface area (Å²) in [7, 11) is 0. The highest BCUT2D eigenvalue weighted by atomic mass is 32.1. The van der Waals surface area contributed by atoms with E-state index >= 15 is 0 Å². The van der Waals surface area contributed by atoms with Crippen LogP contribution in [0.4, 0.5) is 5.69 Å². The minimum absolute atomic E-state index is 0.138. The molecule has 3 heterocycles. The summed E-state index contributed by atoms with van der Waals surface area (Å²) in [5.41, 5.74) is 3.31. The molecule has 0 aliphatic carbocycles. The zero-order chi connectivity index (χ0) is 25.5. The first kappa shape index (κ1) is 22.4. The lowest BCUT2D eigenvalue weighted by molar-refractivity contribution is 0.105. The van der Waals surface area contributed by atoms with Crippen molar-refractivity contribution in [1.82, 2.24) is 4.90 Å². The van der Waals surface area contributed by atoms with Gasteiger partial charge in [0.25, 0.3) is 0 Å². The van der Waals surface area contributed by atoms with Crippen molar-refractivity contribution in [2.45, 2.75) is 6.04 Å². The molecule has 182 valence electrons. The van der Waals surface area contributed by atoms with Crippen LogP contribution < -0.4 is 5.01 Å². The maximum Gasteiger partial charge on any atom is 0.234 e. The topological polar surface area (TPSA) is 48.3 Å². The lowest BCUT2D eigenvalue weighted by Crippen LogP contribution is -2.43. The Kier molecular flexibility index (Phi) is 5.45. The number of benzene rings is 4. The number of guanidine groups is 1. The average molecular weight is 511 g/mol. The molecule has 5 aromatic rings. The monoisotopic (exact) mass is 510 g/mol. The summed E-state index contributed by atoms with van der Waals surface area (Å²) in [6.07, 6.45) is 2.14. The number of nitrogens with zero attached hydrogens (tertiary/aromatic N) is 4. The van der Waals surface area contributed by atoms with Crippen LogP contribution in [0.3, 0.4) is 0 Å². The first-order valence-electron chi connectivity index (χ1n) is 12.4. The zero-order valence-electron chi connectivity index (χ0n) is 20.3. The summed E-state index contributed by atoms with van der Waals surface area (Å²) in [4.78, 5) is 22.0. The van der Waals surface area contributed by atoms with Crippen LogP contribution in [0.15, 0.2) is 137 Å². The third kappa shape index (κ3) is 3.83. The van der Waals surface area contributed by atoms with Gasteiger partial charge in [-0.1, -0.05) is 91.0 Å². The molecule has 2 aliphatic rings. The number of carbonyl (C=O) groups is 1. The zero-order valence-corrected chi connectivity index (χ0v) is 21.1. The molecule has 2 aliphatic heterocycles. The van der Waals surface area contributed by atoms with Crippen molar-refractivity contribution >= 4 is 51.1 Å². The van der Waals surface area contributed by atoms with Gasteiger partial charge in [-0.2, -0.15) is 5.01 Å². The summed E-state index contributed by atoms with van der Waals surface area (Å²) in [6, 6.07) is 37.8. The number of hydrogen-bond acceptors (Lipinski definition) is 6. The molecule has 0 N–H and O–H groups in total. The van der Waals surface area contributed by atoms with Gasteiger partial charge in [0.1, 0.15) is 0 Å². The SMILES string of the molecule is O=C(C1=NN(c2ccccc2)C2=NC(c3ccc4ccccc4c3)=CC(c3cccs3)N12)c1ccccc1. The van der Waals surface area contributed by atoms with Crippen molar-refractivity contribution in [2.24, 2.45) is 10.1 Å². The molecule has 0 saturated carbocycles. The van der Waals surface area contributed by atoms with Gasteiger partial charge >= 0.3 is 0 Å². The number of hydrazone groups is 1. The van der Waals surface area contributed by atoms with Gasteiger partial charge in [0, 0.05) is 16.0 Å². The largest absolute Gasteiger partial charge is 0.285 e. The lowest BCUT2D eigenvalue weighted by atomic mass is 10.0. The lowest BCUT2D eigenvalue weighted by Gasteiger charge is -2.32. The minimum Gasteiger partial charge on any atom is -0.285 e. The first-order valence-corrected chi connectivity index (χ1v) is 13.3. The van der Waals surface area contributed by atoms with Gasteiger partial charge in [-0.15, -0.1) is 16.4 Å². The first-order chi connectivity index (χ1) is 18.8.